The van der Waals surface area contributed by atoms with Crippen molar-refractivity contribution in [1.82, 2.24) is 4.90 Å². The highest BCUT2D eigenvalue weighted by molar-refractivity contribution is 5.88. The standard InChI is InChI=1S/C12H21NO3/c1-5-15-12(14)9(2)6-13-7-11(4)16-8-10(13)3/h10-11H,2,5-8H2,1,3-4H3. The molecule has 1 aliphatic rings. The number of carbonyl (C=O) groups excluding carboxylic acids is 1. The summed E-state index contributed by atoms with van der Waals surface area (Å²) in [6.07, 6.45) is 0.214. The molecule has 0 amide bonds. The Balaban J connectivity index is 2.45. The fraction of sp³-hybridized carbons (Fsp3) is 0.750. The van der Waals surface area contributed by atoms with Gasteiger partial charge in [0.25, 0.3) is 0 Å². The van der Waals surface area contributed by atoms with Crippen LogP contribution in [0.5, 0.6) is 0 Å². The van der Waals surface area contributed by atoms with Gasteiger partial charge in [-0.1, -0.05) is 6.58 Å². The van der Waals surface area contributed by atoms with Crippen molar-refractivity contribution in [3.05, 3.63) is 12.2 Å². The maximum Gasteiger partial charge on any atom is 0.334 e. The Morgan fingerprint density at radius 2 is 2.25 bits per heavy atom. The molecule has 1 rings (SSSR count). The summed E-state index contributed by atoms with van der Waals surface area (Å²) in [5.41, 5.74) is 0.516. The largest absolute Gasteiger partial charge is 0.463 e. The predicted octanol–water partition coefficient (Wildman–Crippen LogP) is 1.21. The van der Waals surface area contributed by atoms with E-state index >= 15 is 0 Å². The van der Waals surface area contributed by atoms with Crippen LogP contribution >= 0.6 is 0 Å². The number of carbonyl (C=O) groups is 1. The van der Waals surface area contributed by atoms with Crippen LogP contribution in [0.4, 0.5) is 0 Å². The molecule has 92 valence electrons. The van der Waals surface area contributed by atoms with Gasteiger partial charge >= 0.3 is 5.97 Å². The van der Waals surface area contributed by atoms with Gasteiger partial charge in [-0.25, -0.2) is 4.79 Å². The lowest BCUT2D eigenvalue weighted by molar-refractivity contribution is -0.139. The zero-order valence-corrected chi connectivity index (χ0v) is 10.4. The summed E-state index contributed by atoms with van der Waals surface area (Å²) < 4.78 is 10.4. The van der Waals surface area contributed by atoms with Gasteiger partial charge in [0, 0.05) is 24.7 Å². The lowest BCUT2D eigenvalue weighted by Crippen LogP contribution is -2.48. The molecule has 0 saturated carbocycles. The average Bonchev–Trinajstić information content (AvgIpc) is 2.23. The average molecular weight is 227 g/mol. The molecule has 16 heavy (non-hydrogen) atoms. The second-order valence-corrected chi connectivity index (χ2v) is 4.25. The van der Waals surface area contributed by atoms with Crippen molar-refractivity contribution in [2.75, 3.05) is 26.3 Å². The molecule has 0 bridgehead atoms. The second-order valence-electron chi connectivity index (χ2n) is 4.25. The summed E-state index contributed by atoms with van der Waals surface area (Å²) in [6, 6.07) is 0.322. The van der Waals surface area contributed by atoms with E-state index in [1.807, 2.05) is 6.92 Å². The summed E-state index contributed by atoms with van der Waals surface area (Å²) in [6.45, 7) is 12.2. The number of morpholine rings is 1. The zero-order chi connectivity index (χ0) is 12.1. The first kappa shape index (κ1) is 13.2. The van der Waals surface area contributed by atoms with Gasteiger partial charge in [-0.3, -0.25) is 4.90 Å². The first-order valence-corrected chi connectivity index (χ1v) is 5.75. The van der Waals surface area contributed by atoms with Crippen LogP contribution in [0.1, 0.15) is 20.8 Å². The highest BCUT2D eigenvalue weighted by Crippen LogP contribution is 2.13. The fourth-order valence-electron chi connectivity index (χ4n) is 1.74. The molecule has 0 aromatic carbocycles. The highest BCUT2D eigenvalue weighted by atomic mass is 16.5. The Morgan fingerprint density at radius 1 is 1.56 bits per heavy atom. The minimum absolute atomic E-state index is 0.214. The van der Waals surface area contributed by atoms with Gasteiger partial charge in [0.15, 0.2) is 0 Å². The Kier molecular flexibility index (Phi) is 4.96. The van der Waals surface area contributed by atoms with E-state index < -0.39 is 0 Å². The SMILES string of the molecule is C=C(CN1CC(C)OCC1C)C(=O)OCC. The first-order chi connectivity index (χ1) is 7.54. The third-order valence-corrected chi connectivity index (χ3v) is 2.69. The minimum atomic E-state index is -0.297. The van der Waals surface area contributed by atoms with Crippen molar-refractivity contribution in [2.45, 2.75) is 32.9 Å². The zero-order valence-electron chi connectivity index (χ0n) is 10.4. The number of hydrogen-bond acceptors (Lipinski definition) is 4. The number of esters is 1. The van der Waals surface area contributed by atoms with Crippen LogP contribution in [0.2, 0.25) is 0 Å². The smallest absolute Gasteiger partial charge is 0.334 e. The molecule has 1 saturated heterocycles. The lowest BCUT2D eigenvalue weighted by atomic mass is 10.1. The summed E-state index contributed by atoms with van der Waals surface area (Å²) in [7, 11) is 0. The van der Waals surface area contributed by atoms with Gasteiger partial charge in [-0.05, 0) is 20.8 Å². The van der Waals surface area contributed by atoms with Crippen molar-refractivity contribution in [3.8, 4) is 0 Å². The molecule has 0 aromatic heterocycles. The highest BCUT2D eigenvalue weighted by Gasteiger charge is 2.25. The van der Waals surface area contributed by atoms with E-state index in [0.29, 0.717) is 31.4 Å². The Morgan fingerprint density at radius 3 is 2.88 bits per heavy atom. The second kappa shape index (κ2) is 6.01. The van der Waals surface area contributed by atoms with Crippen LogP contribution < -0.4 is 0 Å². The fourth-order valence-corrected chi connectivity index (χ4v) is 1.74. The van der Waals surface area contributed by atoms with Gasteiger partial charge in [0.05, 0.1) is 19.3 Å². The van der Waals surface area contributed by atoms with E-state index in [4.69, 9.17) is 9.47 Å². The van der Waals surface area contributed by atoms with E-state index in [2.05, 4.69) is 18.4 Å². The molecule has 4 nitrogen and oxygen atoms in total. The van der Waals surface area contributed by atoms with E-state index in [-0.39, 0.29) is 12.1 Å². The third-order valence-electron chi connectivity index (χ3n) is 2.69. The number of ether oxygens (including phenoxy) is 2. The number of hydrogen-bond donors (Lipinski definition) is 0. The van der Waals surface area contributed by atoms with Crippen molar-refractivity contribution in [1.29, 1.82) is 0 Å². The maximum absolute atomic E-state index is 11.4. The van der Waals surface area contributed by atoms with Crippen LogP contribution in [-0.2, 0) is 14.3 Å². The monoisotopic (exact) mass is 227 g/mol. The van der Waals surface area contributed by atoms with Crippen LogP contribution in [0.3, 0.4) is 0 Å². The van der Waals surface area contributed by atoms with Crippen LogP contribution in [0, 0.1) is 0 Å². The van der Waals surface area contributed by atoms with Crippen LogP contribution in [0.25, 0.3) is 0 Å². The molecule has 0 aliphatic carbocycles. The maximum atomic E-state index is 11.4. The quantitative estimate of drug-likeness (QED) is 0.534. The van der Waals surface area contributed by atoms with Crippen LogP contribution in [0.15, 0.2) is 12.2 Å². The third kappa shape index (κ3) is 3.61. The normalized spacial score (nSPS) is 26.4. The van der Waals surface area contributed by atoms with E-state index in [1.165, 1.54) is 0 Å². The molecule has 0 radical (unpaired) electrons. The molecular weight excluding hydrogens is 206 g/mol. The first-order valence-electron chi connectivity index (χ1n) is 5.75. The van der Waals surface area contributed by atoms with Crippen LogP contribution in [-0.4, -0.2) is 49.3 Å². The predicted molar refractivity (Wildman–Crippen MR) is 62.2 cm³/mol. The number of rotatable bonds is 4. The molecule has 4 heteroatoms. The molecule has 2 atom stereocenters. The van der Waals surface area contributed by atoms with Gasteiger partial charge in [0.2, 0.25) is 0 Å². The molecule has 1 aliphatic heterocycles. The Bertz CT molecular complexity index is 265. The molecule has 0 aromatic rings. The van der Waals surface area contributed by atoms with E-state index in [0.717, 1.165) is 6.54 Å². The molecule has 1 heterocycles. The summed E-state index contributed by atoms with van der Waals surface area (Å²) in [4.78, 5) is 13.6. The van der Waals surface area contributed by atoms with Gasteiger partial charge in [-0.15, -0.1) is 0 Å². The van der Waals surface area contributed by atoms with Crippen molar-refractivity contribution >= 4 is 5.97 Å². The van der Waals surface area contributed by atoms with Gasteiger partial charge in [0.1, 0.15) is 0 Å². The summed E-state index contributed by atoms with van der Waals surface area (Å²) in [5, 5.41) is 0. The van der Waals surface area contributed by atoms with Crippen molar-refractivity contribution in [3.63, 3.8) is 0 Å². The Labute approximate surface area is 97.2 Å². The number of nitrogens with zero attached hydrogens (tertiary/aromatic N) is 1. The summed E-state index contributed by atoms with van der Waals surface area (Å²) >= 11 is 0. The molecule has 2 unspecified atom stereocenters. The van der Waals surface area contributed by atoms with E-state index in [1.54, 1.807) is 6.92 Å². The van der Waals surface area contributed by atoms with E-state index in [9.17, 15) is 4.79 Å². The molecule has 0 spiro atoms. The van der Waals surface area contributed by atoms with Gasteiger partial charge < -0.3 is 9.47 Å². The molecule has 1 fully saturated rings. The summed E-state index contributed by atoms with van der Waals surface area (Å²) in [5.74, 6) is -0.297. The lowest BCUT2D eigenvalue weighted by Gasteiger charge is -2.36. The molecular formula is C12H21NO3. The Hall–Kier alpha value is -0.870. The molecule has 0 N–H and O–H groups in total. The van der Waals surface area contributed by atoms with Gasteiger partial charge in [-0.2, -0.15) is 0 Å². The minimum Gasteiger partial charge on any atom is -0.463 e. The van der Waals surface area contributed by atoms with Crippen molar-refractivity contribution < 1.29 is 14.3 Å². The van der Waals surface area contributed by atoms with Crippen molar-refractivity contribution in [2.24, 2.45) is 0 Å². The topological polar surface area (TPSA) is 38.8 Å².